The molecule has 1 N–H and O–H groups in total. The van der Waals surface area contributed by atoms with Crippen LogP contribution >= 0.6 is 15.9 Å². The number of piperidine rings is 1. The van der Waals surface area contributed by atoms with Crippen LogP contribution in [0.1, 0.15) is 19.3 Å². The smallest absolute Gasteiger partial charge is 0.127 e. The predicted molar refractivity (Wildman–Crippen MR) is 83.9 cm³/mol. The molecule has 3 rings (SSSR count). The number of hydrogen-bond donors (Lipinski definition) is 1. The Morgan fingerprint density at radius 1 is 1.35 bits per heavy atom. The third-order valence-electron chi connectivity index (χ3n) is 4.20. The monoisotopic (exact) mass is 339 g/mol. The molecule has 2 fully saturated rings. The molecule has 110 valence electrons. The zero-order chi connectivity index (χ0) is 13.8. The summed E-state index contributed by atoms with van der Waals surface area (Å²) in [7, 11) is 0. The molecule has 0 aliphatic carbocycles. The first kappa shape index (κ1) is 14.3. The first-order valence-electron chi connectivity index (χ1n) is 7.48. The van der Waals surface area contributed by atoms with Crippen molar-refractivity contribution in [2.45, 2.75) is 25.3 Å². The number of likely N-dealkylation sites (tertiary alicyclic amines) is 1. The second-order valence-corrected chi connectivity index (χ2v) is 6.72. The highest BCUT2D eigenvalue weighted by molar-refractivity contribution is 9.10. The SMILES string of the molecule is Brc1ccnc(NC2CCN(C[C@H]3CCOC3)CC2)c1. The lowest BCUT2D eigenvalue weighted by Gasteiger charge is -2.33. The molecule has 2 aliphatic heterocycles. The number of halogens is 1. The normalized spacial score (nSPS) is 24.9. The van der Waals surface area contributed by atoms with Gasteiger partial charge in [0.05, 0.1) is 6.61 Å². The van der Waals surface area contributed by atoms with E-state index in [1.54, 1.807) is 0 Å². The molecule has 0 bridgehead atoms. The summed E-state index contributed by atoms with van der Waals surface area (Å²) in [5.74, 6) is 1.73. The van der Waals surface area contributed by atoms with Crippen molar-refractivity contribution in [1.82, 2.24) is 9.88 Å². The van der Waals surface area contributed by atoms with Crippen LogP contribution < -0.4 is 5.32 Å². The van der Waals surface area contributed by atoms with Crippen LogP contribution in [0.3, 0.4) is 0 Å². The van der Waals surface area contributed by atoms with Crippen molar-refractivity contribution in [1.29, 1.82) is 0 Å². The zero-order valence-electron chi connectivity index (χ0n) is 11.7. The van der Waals surface area contributed by atoms with Crippen LogP contribution in [0, 0.1) is 5.92 Å². The third kappa shape index (κ3) is 3.93. The lowest BCUT2D eigenvalue weighted by Crippen LogP contribution is -2.41. The molecule has 1 atom stereocenters. The number of anilines is 1. The lowest BCUT2D eigenvalue weighted by molar-refractivity contribution is 0.154. The average Bonchev–Trinajstić information content (AvgIpc) is 2.94. The Morgan fingerprint density at radius 2 is 2.20 bits per heavy atom. The molecule has 0 spiro atoms. The molecular formula is C15H22BrN3O. The van der Waals surface area contributed by atoms with Gasteiger partial charge in [0.1, 0.15) is 5.82 Å². The molecule has 5 heteroatoms. The summed E-state index contributed by atoms with van der Waals surface area (Å²) in [6, 6.07) is 4.55. The van der Waals surface area contributed by atoms with Gasteiger partial charge in [-0.25, -0.2) is 4.98 Å². The number of rotatable bonds is 4. The van der Waals surface area contributed by atoms with Crippen molar-refractivity contribution >= 4 is 21.7 Å². The number of nitrogens with zero attached hydrogens (tertiary/aromatic N) is 2. The van der Waals surface area contributed by atoms with Crippen molar-refractivity contribution in [3.8, 4) is 0 Å². The van der Waals surface area contributed by atoms with Crippen molar-refractivity contribution in [2.75, 3.05) is 38.2 Å². The molecule has 0 saturated carbocycles. The standard InChI is InChI=1S/C15H22BrN3O/c16-13-1-5-17-15(9-13)18-14-2-6-19(7-3-14)10-12-4-8-20-11-12/h1,5,9,12,14H,2-4,6-8,10-11H2,(H,17,18)/t12-/m1/s1. The molecule has 2 saturated heterocycles. The van der Waals surface area contributed by atoms with E-state index in [0.29, 0.717) is 6.04 Å². The van der Waals surface area contributed by atoms with E-state index in [9.17, 15) is 0 Å². The van der Waals surface area contributed by atoms with Crippen LogP contribution in [0.5, 0.6) is 0 Å². The molecule has 0 unspecified atom stereocenters. The van der Waals surface area contributed by atoms with E-state index in [0.717, 1.165) is 29.4 Å². The fraction of sp³-hybridized carbons (Fsp3) is 0.667. The van der Waals surface area contributed by atoms with Crippen molar-refractivity contribution in [2.24, 2.45) is 5.92 Å². The summed E-state index contributed by atoms with van der Waals surface area (Å²) in [6.45, 7) is 5.49. The number of ether oxygens (including phenoxy) is 1. The fourth-order valence-electron chi connectivity index (χ4n) is 3.05. The van der Waals surface area contributed by atoms with Gasteiger partial charge < -0.3 is 15.0 Å². The maximum Gasteiger partial charge on any atom is 0.127 e. The summed E-state index contributed by atoms with van der Waals surface area (Å²) in [5.41, 5.74) is 0. The second kappa shape index (κ2) is 6.87. The summed E-state index contributed by atoms with van der Waals surface area (Å²) in [5, 5.41) is 3.54. The minimum Gasteiger partial charge on any atom is -0.381 e. The summed E-state index contributed by atoms with van der Waals surface area (Å²) in [6.07, 6.45) is 5.46. The average molecular weight is 340 g/mol. The Bertz CT molecular complexity index is 429. The molecule has 1 aromatic rings. The van der Waals surface area contributed by atoms with E-state index in [1.165, 1.54) is 38.9 Å². The van der Waals surface area contributed by atoms with Crippen LogP contribution in [0.15, 0.2) is 22.8 Å². The van der Waals surface area contributed by atoms with Crippen LogP contribution in [0.25, 0.3) is 0 Å². The number of pyridine rings is 1. The largest absolute Gasteiger partial charge is 0.381 e. The van der Waals surface area contributed by atoms with Crippen LogP contribution in [-0.4, -0.2) is 48.8 Å². The highest BCUT2D eigenvalue weighted by Crippen LogP contribution is 2.20. The Balaban J connectivity index is 1.43. The maximum absolute atomic E-state index is 5.46. The lowest BCUT2D eigenvalue weighted by atomic mass is 10.0. The van der Waals surface area contributed by atoms with E-state index < -0.39 is 0 Å². The van der Waals surface area contributed by atoms with Gasteiger partial charge in [-0.1, -0.05) is 15.9 Å². The van der Waals surface area contributed by atoms with Gasteiger partial charge in [-0.2, -0.15) is 0 Å². The number of nitrogens with one attached hydrogen (secondary N) is 1. The topological polar surface area (TPSA) is 37.4 Å². The molecule has 1 aromatic heterocycles. The highest BCUT2D eigenvalue weighted by Gasteiger charge is 2.23. The summed E-state index contributed by atoms with van der Waals surface area (Å²) >= 11 is 3.49. The molecule has 0 amide bonds. The minimum absolute atomic E-state index is 0.549. The van der Waals surface area contributed by atoms with Crippen LogP contribution in [0.2, 0.25) is 0 Å². The second-order valence-electron chi connectivity index (χ2n) is 5.81. The number of hydrogen-bond acceptors (Lipinski definition) is 4. The molecule has 2 aliphatic rings. The molecule has 20 heavy (non-hydrogen) atoms. The Labute approximate surface area is 129 Å². The van der Waals surface area contributed by atoms with Gasteiger partial charge in [0.2, 0.25) is 0 Å². The molecule has 4 nitrogen and oxygen atoms in total. The van der Waals surface area contributed by atoms with E-state index in [-0.39, 0.29) is 0 Å². The Hall–Kier alpha value is -0.650. The van der Waals surface area contributed by atoms with Gasteiger partial charge in [-0.05, 0) is 37.3 Å². The molecule has 3 heterocycles. The van der Waals surface area contributed by atoms with Gasteiger partial charge in [0.15, 0.2) is 0 Å². The third-order valence-corrected chi connectivity index (χ3v) is 4.70. The van der Waals surface area contributed by atoms with Gasteiger partial charge in [-0.15, -0.1) is 0 Å². The van der Waals surface area contributed by atoms with Gasteiger partial charge in [0, 0.05) is 43.0 Å². The van der Waals surface area contributed by atoms with Crippen molar-refractivity contribution < 1.29 is 4.74 Å². The predicted octanol–water partition coefficient (Wildman–Crippen LogP) is 2.76. The Morgan fingerprint density at radius 3 is 2.90 bits per heavy atom. The van der Waals surface area contributed by atoms with E-state index in [4.69, 9.17) is 4.74 Å². The highest BCUT2D eigenvalue weighted by atomic mass is 79.9. The maximum atomic E-state index is 5.46. The quantitative estimate of drug-likeness (QED) is 0.915. The minimum atomic E-state index is 0.549. The Kier molecular flexibility index (Phi) is 4.91. The molecule has 0 aromatic carbocycles. The van der Waals surface area contributed by atoms with E-state index >= 15 is 0 Å². The van der Waals surface area contributed by atoms with E-state index in [1.807, 2.05) is 18.3 Å². The first-order valence-corrected chi connectivity index (χ1v) is 8.27. The van der Waals surface area contributed by atoms with Crippen LogP contribution in [-0.2, 0) is 4.74 Å². The van der Waals surface area contributed by atoms with Crippen LogP contribution in [0.4, 0.5) is 5.82 Å². The zero-order valence-corrected chi connectivity index (χ0v) is 13.3. The molecule has 0 radical (unpaired) electrons. The van der Waals surface area contributed by atoms with Crippen molar-refractivity contribution in [3.05, 3.63) is 22.8 Å². The van der Waals surface area contributed by atoms with Crippen molar-refractivity contribution in [3.63, 3.8) is 0 Å². The van der Waals surface area contributed by atoms with Gasteiger partial charge in [0.25, 0.3) is 0 Å². The van der Waals surface area contributed by atoms with Gasteiger partial charge in [-0.3, -0.25) is 0 Å². The first-order chi connectivity index (χ1) is 9.79. The molecular weight excluding hydrogens is 318 g/mol. The van der Waals surface area contributed by atoms with Gasteiger partial charge >= 0.3 is 0 Å². The summed E-state index contributed by atoms with van der Waals surface area (Å²) in [4.78, 5) is 6.95. The summed E-state index contributed by atoms with van der Waals surface area (Å²) < 4.78 is 6.54. The fourth-order valence-corrected chi connectivity index (χ4v) is 3.38. The number of aromatic nitrogens is 1. The van der Waals surface area contributed by atoms with E-state index in [2.05, 4.69) is 31.1 Å².